The molecule has 0 fully saturated rings. The van der Waals surface area contributed by atoms with Crippen LogP contribution in [0, 0.1) is 0 Å². The molecule has 110 valence electrons. The largest absolute Gasteiger partial charge is 0.397 e. The molecule has 0 aliphatic carbocycles. The lowest BCUT2D eigenvalue weighted by Gasteiger charge is -2.14. The van der Waals surface area contributed by atoms with Crippen LogP contribution in [0.3, 0.4) is 0 Å². The number of nitrogens with two attached hydrogens (primary N) is 1. The van der Waals surface area contributed by atoms with Gasteiger partial charge in [0.1, 0.15) is 0 Å². The first-order valence-corrected chi connectivity index (χ1v) is 7.39. The number of nitrogen functional groups attached to an aromatic ring is 1. The molecule has 0 unspecified atom stereocenters. The highest BCUT2D eigenvalue weighted by Crippen LogP contribution is 2.29. The first-order valence-electron chi connectivity index (χ1n) is 6.21. The Morgan fingerprint density at radius 2 is 1.95 bits per heavy atom. The summed E-state index contributed by atoms with van der Waals surface area (Å²) >= 11 is 9.33. The Morgan fingerprint density at radius 1 is 1.24 bits per heavy atom. The molecule has 3 N–H and O–H groups in total. The molecule has 0 spiro atoms. The first-order chi connectivity index (χ1) is 9.88. The van der Waals surface area contributed by atoms with Crippen LogP contribution in [0.4, 0.5) is 17.1 Å². The van der Waals surface area contributed by atoms with E-state index in [1.807, 2.05) is 12.1 Å². The molecule has 21 heavy (non-hydrogen) atoms. The molecule has 0 heterocycles. The lowest BCUT2D eigenvalue weighted by molar-refractivity contribution is 0.0827. The van der Waals surface area contributed by atoms with Crippen LogP contribution in [0.25, 0.3) is 0 Å². The number of rotatable bonds is 3. The Balaban J connectivity index is 2.25. The second-order valence-electron chi connectivity index (χ2n) is 4.76. The van der Waals surface area contributed by atoms with Crippen molar-refractivity contribution in [1.29, 1.82) is 0 Å². The number of nitrogens with zero attached hydrogens (tertiary/aromatic N) is 1. The molecule has 2 aromatic carbocycles. The molecule has 0 aliphatic heterocycles. The summed E-state index contributed by atoms with van der Waals surface area (Å²) < 4.78 is 0.798. The molecule has 0 aromatic heterocycles. The van der Waals surface area contributed by atoms with Gasteiger partial charge in [-0.25, -0.2) is 0 Å². The third-order valence-electron chi connectivity index (χ3n) is 2.90. The summed E-state index contributed by atoms with van der Waals surface area (Å²) in [5.74, 6) is -0.0810. The predicted molar refractivity (Wildman–Crippen MR) is 91.3 cm³/mol. The molecule has 0 atom stereocenters. The van der Waals surface area contributed by atoms with Gasteiger partial charge in [0.05, 0.1) is 16.4 Å². The second-order valence-corrected chi connectivity index (χ2v) is 6.02. The number of hydrogen-bond acceptors (Lipinski definition) is 3. The minimum Gasteiger partial charge on any atom is -0.397 e. The fraction of sp³-hybridized carbons (Fsp3) is 0.133. The van der Waals surface area contributed by atoms with E-state index in [2.05, 4.69) is 21.2 Å². The molecule has 4 nitrogen and oxygen atoms in total. The van der Waals surface area contributed by atoms with E-state index < -0.39 is 0 Å². The highest BCUT2D eigenvalue weighted by atomic mass is 79.9. The van der Waals surface area contributed by atoms with E-state index in [1.165, 1.54) is 4.90 Å². The van der Waals surface area contributed by atoms with Crippen molar-refractivity contribution in [2.24, 2.45) is 0 Å². The van der Waals surface area contributed by atoms with Gasteiger partial charge in [0.15, 0.2) is 0 Å². The summed E-state index contributed by atoms with van der Waals surface area (Å²) in [5.41, 5.74) is 8.66. The molecule has 0 saturated carbocycles. The van der Waals surface area contributed by atoms with Crippen molar-refractivity contribution in [3.05, 3.63) is 51.5 Å². The number of amides is 1. The molecule has 6 heteroatoms. The number of carbonyl (C=O) groups excluding carboxylic acids is 1. The summed E-state index contributed by atoms with van der Waals surface area (Å²) in [5, 5.41) is 3.84. The van der Waals surface area contributed by atoms with Crippen LogP contribution in [0.2, 0.25) is 5.02 Å². The van der Waals surface area contributed by atoms with E-state index in [0.29, 0.717) is 16.3 Å². The molecule has 1 amide bonds. The zero-order chi connectivity index (χ0) is 15.6. The smallest absolute Gasteiger partial charge is 0.253 e. The van der Waals surface area contributed by atoms with Gasteiger partial charge in [-0.2, -0.15) is 0 Å². The number of nitrogens with one attached hydrogen (secondary N) is 1. The van der Waals surface area contributed by atoms with Crippen LogP contribution in [0.15, 0.2) is 40.9 Å². The highest BCUT2D eigenvalue weighted by Gasteiger charge is 2.10. The number of halogens is 2. The molecular weight excluding hydrogens is 354 g/mol. The lowest BCUT2D eigenvalue weighted by Crippen LogP contribution is -2.21. The molecule has 0 saturated heterocycles. The third-order valence-corrected chi connectivity index (χ3v) is 4.12. The maximum absolute atomic E-state index is 11.9. The van der Waals surface area contributed by atoms with Crippen molar-refractivity contribution in [2.45, 2.75) is 0 Å². The quantitative estimate of drug-likeness (QED) is 0.801. The maximum Gasteiger partial charge on any atom is 0.253 e. The van der Waals surface area contributed by atoms with Gasteiger partial charge in [0, 0.05) is 29.8 Å². The van der Waals surface area contributed by atoms with Crippen LogP contribution < -0.4 is 11.1 Å². The van der Waals surface area contributed by atoms with Crippen molar-refractivity contribution >= 4 is 50.5 Å². The zero-order valence-corrected chi connectivity index (χ0v) is 14.0. The molecule has 0 radical (unpaired) electrons. The van der Waals surface area contributed by atoms with E-state index >= 15 is 0 Å². The molecule has 0 aliphatic rings. The van der Waals surface area contributed by atoms with Crippen molar-refractivity contribution in [3.63, 3.8) is 0 Å². The number of anilines is 3. The Morgan fingerprint density at radius 3 is 2.52 bits per heavy atom. The molecule has 0 bridgehead atoms. The average molecular weight is 369 g/mol. The Bertz CT molecular complexity index is 689. The van der Waals surface area contributed by atoms with Gasteiger partial charge in [-0.1, -0.05) is 11.6 Å². The van der Waals surface area contributed by atoms with E-state index in [-0.39, 0.29) is 5.91 Å². The van der Waals surface area contributed by atoms with Crippen molar-refractivity contribution in [1.82, 2.24) is 4.90 Å². The Labute approximate surface area is 137 Å². The van der Waals surface area contributed by atoms with Crippen LogP contribution in [0.1, 0.15) is 10.4 Å². The van der Waals surface area contributed by atoms with Crippen molar-refractivity contribution in [2.75, 3.05) is 25.1 Å². The van der Waals surface area contributed by atoms with E-state index in [1.54, 1.807) is 38.4 Å². The maximum atomic E-state index is 11.9. The van der Waals surface area contributed by atoms with Crippen LogP contribution >= 0.6 is 27.5 Å². The van der Waals surface area contributed by atoms with Gasteiger partial charge in [-0.05, 0) is 52.3 Å². The fourth-order valence-electron chi connectivity index (χ4n) is 1.80. The van der Waals surface area contributed by atoms with E-state index in [9.17, 15) is 4.79 Å². The Hall–Kier alpha value is -1.72. The predicted octanol–water partition coefficient (Wildman–Crippen LogP) is 4.13. The Kier molecular flexibility index (Phi) is 4.75. The molecular formula is C15H15BrClN3O. The lowest BCUT2D eigenvalue weighted by atomic mass is 10.1. The van der Waals surface area contributed by atoms with E-state index in [0.717, 1.165) is 15.8 Å². The number of carbonyl (C=O) groups is 1. The first kappa shape index (κ1) is 15.7. The van der Waals surface area contributed by atoms with Crippen LogP contribution in [-0.4, -0.2) is 24.9 Å². The van der Waals surface area contributed by atoms with E-state index in [4.69, 9.17) is 17.3 Å². The monoisotopic (exact) mass is 367 g/mol. The molecule has 2 aromatic rings. The number of benzene rings is 2. The summed E-state index contributed by atoms with van der Waals surface area (Å²) in [7, 11) is 3.41. The minimum absolute atomic E-state index is 0.0810. The standard InChI is InChI=1S/C15H15BrClN3O/c1-20(2)15(21)9-3-6-14(13(18)7-9)19-10-4-5-12(17)11(16)8-10/h3-8,19H,18H2,1-2H3. The zero-order valence-electron chi connectivity index (χ0n) is 11.7. The summed E-state index contributed by atoms with van der Waals surface area (Å²) in [6.07, 6.45) is 0. The van der Waals surface area contributed by atoms with Crippen molar-refractivity contribution < 1.29 is 4.79 Å². The third kappa shape index (κ3) is 3.68. The second kappa shape index (κ2) is 6.37. The van der Waals surface area contributed by atoms with Gasteiger partial charge in [0.2, 0.25) is 0 Å². The fourth-order valence-corrected chi connectivity index (χ4v) is 2.29. The van der Waals surface area contributed by atoms with Crippen molar-refractivity contribution in [3.8, 4) is 0 Å². The van der Waals surface area contributed by atoms with Gasteiger partial charge in [0.25, 0.3) is 5.91 Å². The van der Waals surface area contributed by atoms with Crippen LogP contribution in [-0.2, 0) is 0 Å². The summed E-state index contributed by atoms with van der Waals surface area (Å²) in [4.78, 5) is 13.4. The van der Waals surface area contributed by atoms with Gasteiger partial charge < -0.3 is 16.0 Å². The van der Waals surface area contributed by atoms with Gasteiger partial charge in [-0.3, -0.25) is 4.79 Å². The average Bonchev–Trinajstić information content (AvgIpc) is 2.44. The van der Waals surface area contributed by atoms with Gasteiger partial charge in [-0.15, -0.1) is 0 Å². The van der Waals surface area contributed by atoms with Crippen LogP contribution in [0.5, 0.6) is 0 Å². The summed E-state index contributed by atoms with van der Waals surface area (Å²) in [6, 6.07) is 10.7. The normalized spacial score (nSPS) is 10.3. The number of hydrogen-bond donors (Lipinski definition) is 2. The van der Waals surface area contributed by atoms with Gasteiger partial charge >= 0.3 is 0 Å². The SMILES string of the molecule is CN(C)C(=O)c1ccc(Nc2ccc(Cl)c(Br)c2)c(N)c1. The minimum atomic E-state index is -0.0810. The topological polar surface area (TPSA) is 58.4 Å². The summed E-state index contributed by atoms with van der Waals surface area (Å²) in [6.45, 7) is 0. The highest BCUT2D eigenvalue weighted by molar-refractivity contribution is 9.10. The molecule has 2 rings (SSSR count).